The van der Waals surface area contributed by atoms with Crippen LogP contribution in [0.3, 0.4) is 0 Å². The lowest BCUT2D eigenvalue weighted by Crippen LogP contribution is -2.17. The summed E-state index contributed by atoms with van der Waals surface area (Å²) < 4.78 is 0.0554. The molecule has 16 heavy (non-hydrogen) atoms. The summed E-state index contributed by atoms with van der Waals surface area (Å²) in [6.45, 7) is 10.1. The highest BCUT2D eigenvalue weighted by atomic mass is 32.2. The van der Waals surface area contributed by atoms with E-state index in [0.29, 0.717) is 0 Å². The molecule has 0 radical (unpaired) electrons. The van der Waals surface area contributed by atoms with Crippen LogP contribution in [0.1, 0.15) is 40.0 Å². The molecule has 0 N–H and O–H groups in total. The van der Waals surface area contributed by atoms with Gasteiger partial charge in [-0.1, -0.05) is 41.2 Å². The van der Waals surface area contributed by atoms with E-state index in [1.54, 1.807) is 0 Å². The molecule has 1 nitrogen and oxygen atoms in total. The number of hydrogen-bond acceptors (Lipinski definition) is 3. The molecule has 1 unspecified atom stereocenters. The zero-order chi connectivity index (χ0) is 12.6. The van der Waals surface area contributed by atoms with Gasteiger partial charge in [0.15, 0.2) is 0 Å². The van der Waals surface area contributed by atoms with E-state index < -0.39 is 0 Å². The molecule has 0 aromatic heterocycles. The second-order valence-corrected chi connectivity index (χ2v) is 6.79. The molecule has 0 aromatic carbocycles. The molecule has 1 atom stereocenters. The van der Waals surface area contributed by atoms with Crippen molar-refractivity contribution in [2.45, 2.75) is 44.8 Å². The van der Waals surface area contributed by atoms with Crippen molar-refractivity contribution in [3.05, 3.63) is 24.3 Å². The Balaban J connectivity index is 4.11. The van der Waals surface area contributed by atoms with Crippen LogP contribution in [-0.4, -0.2) is 15.5 Å². The molecular weight excluding hydrogens is 236 g/mol. The average Bonchev–Trinajstić information content (AvgIpc) is 2.24. The smallest absolute Gasteiger partial charge is 0.246 e. The van der Waals surface area contributed by atoms with Crippen LogP contribution in [0, 0.1) is 0 Å². The third-order valence-corrected chi connectivity index (χ3v) is 4.43. The highest BCUT2D eigenvalue weighted by Crippen LogP contribution is 2.35. The van der Waals surface area contributed by atoms with E-state index in [9.17, 15) is 4.79 Å². The summed E-state index contributed by atoms with van der Waals surface area (Å²) in [4.78, 5) is 11.4. The van der Waals surface area contributed by atoms with Gasteiger partial charge in [-0.3, -0.25) is 4.79 Å². The van der Waals surface area contributed by atoms with Crippen LogP contribution < -0.4 is 0 Å². The Morgan fingerprint density at radius 1 is 1.44 bits per heavy atom. The molecule has 0 fully saturated rings. The molecule has 0 rings (SSSR count). The maximum Gasteiger partial charge on any atom is 0.246 e. The van der Waals surface area contributed by atoms with Gasteiger partial charge in [-0.2, -0.15) is 0 Å². The Morgan fingerprint density at radius 2 is 2.06 bits per heavy atom. The van der Waals surface area contributed by atoms with Crippen LogP contribution in [0.4, 0.5) is 4.79 Å². The van der Waals surface area contributed by atoms with Gasteiger partial charge in [-0.15, -0.1) is 6.58 Å². The van der Waals surface area contributed by atoms with Crippen LogP contribution in [0.15, 0.2) is 24.3 Å². The fourth-order valence-corrected chi connectivity index (χ4v) is 2.89. The Hall–Kier alpha value is -0.150. The van der Waals surface area contributed by atoms with Crippen molar-refractivity contribution in [1.29, 1.82) is 0 Å². The highest BCUT2D eigenvalue weighted by Gasteiger charge is 2.23. The first kappa shape index (κ1) is 15.9. The van der Waals surface area contributed by atoms with E-state index in [1.165, 1.54) is 29.1 Å². The maximum atomic E-state index is 11.4. The van der Waals surface area contributed by atoms with Crippen LogP contribution in [-0.2, 0) is 0 Å². The zero-order valence-corrected chi connectivity index (χ0v) is 12.3. The quantitative estimate of drug-likeness (QED) is 0.476. The van der Waals surface area contributed by atoms with Crippen molar-refractivity contribution >= 4 is 28.0 Å². The van der Waals surface area contributed by atoms with E-state index >= 15 is 0 Å². The van der Waals surface area contributed by atoms with Gasteiger partial charge >= 0.3 is 0 Å². The lowest BCUT2D eigenvalue weighted by molar-refractivity contribution is 0.276. The monoisotopic (exact) mass is 258 g/mol. The van der Waals surface area contributed by atoms with Gasteiger partial charge in [0.25, 0.3) is 0 Å². The number of carbonyl (C=O) groups is 1. The van der Waals surface area contributed by atoms with E-state index in [0.717, 1.165) is 19.3 Å². The van der Waals surface area contributed by atoms with Crippen molar-refractivity contribution in [1.82, 2.24) is 0 Å². The molecule has 0 saturated heterocycles. The van der Waals surface area contributed by atoms with Gasteiger partial charge in [-0.05, 0) is 46.3 Å². The van der Waals surface area contributed by atoms with E-state index in [2.05, 4.69) is 33.4 Å². The second kappa shape index (κ2) is 8.02. The Morgan fingerprint density at radius 3 is 2.50 bits per heavy atom. The summed E-state index contributed by atoms with van der Waals surface area (Å²) >= 11 is 2.67. The maximum absolute atomic E-state index is 11.4. The number of rotatable bonds is 6. The zero-order valence-electron chi connectivity index (χ0n) is 10.7. The van der Waals surface area contributed by atoms with Crippen molar-refractivity contribution in [3.8, 4) is 0 Å². The molecule has 0 amide bonds. The molecule has 0 aliphatic heterocycles. The lowest BCUT2D eigenvalue weighted by atomic mass is 10.0. The van der Waals surface area contributed by atoms with Crippen molar-refractivity contribution in [2.24, 2.45) is 0 Å². The highest BCUT2D eigenvalue weighted by molar-refractivity contribution is 8.38. The van der Waals surface area contributed by atoms with E-state index in [-0.39, 0.29) is 9.19 Å². The predicted octanol–water partition coefficient (Wildman–Crippen LogP) is 5.28. The number of allylic oxidation sites excluding steroid dienone is 2. The summed E-state index contributed by atoms with van der Waals surface area (Å²) in [5.74, 6) is 0. The van der Waals surface area contributed by atoms with Gasteiger partial charge in [-0.25, -0.2) is 0 Å². The first-order valence-corrected chi connectivity index (χ1v) is 7.51. The largest absolute Gasteiger partial charge is 0.274 e. The standard InChI is InChI=1S/C13H22OS2/c1-6-13(4,16-12(14)15-5)10-8-7-9-11(2)3/h6,9H,1,7-8,10H2,2-5H3. The van der Waals surface area contributed by atoms with E-state index in [1.807, 2.05) is 12.3 Å². The van der Waals surface area contributed by atoms with Crippen molar-refractivity contribution in [3.63, 3.8) is 0 Å². The molecule has 0 aromatic rings. The molecule has 0 heterocycles. The fraction of sp³-hybridized carbons (Fsp3) is 0.615. The van der Waals surface area contributed by atoms with Crippen LogP contribution in [0.25, 0.3) is 0 Å². The van der Waals surface area contributed by atoms with Crippen molar-refractivity contribution < 1.29 is 4.79 Å². The van der Waals surface area contributed by atoms with Crippen LogP contribution in [0.5, 0.6) is 0 Å². The molecule has 0 aliphatic rings. The Bertz CT molecular complexity index is 267. The summed E-state index contributed by atoms with van der Waals surface area (Å²) in [6, 6.07) is 0. The summed E-state index contributed by atoms with van der Waals surface area (Å²) in [7, 11) is 0. The van der Waals surface area contributed by atoms with Crippen LogP contribution >= 0.6 is 23.5 Å². The topological polar surface area (TPSA) is 17.1 Å². The summed E-state index contributed by atoms with van der Waals surface area (Å²) in [5, 5.41) is 0. The van der Waals surface area contributed by atoms with Crippen LogP contribution in [0.2, 0.25) is 0 Å². The van der Waals surface area contributed by atoms with Gasteiger partial charge in [0.05, 0.1) is 0 Å². The van der Waals surface area contributed by atoms with Crippen molar-refractivity contribution in [2.75, 3.05) is 6.26 Å². The number of unbranched alkanes of at least 4 members (excludes halogenated alkanes) is 1. The number of thioether (sulfide) groups is 2. The summed E-state index contributed by atoms with van der Waals surface area (Å²) in [6.07, 6.45) is 9.14. The predicted molar refractivity (Wildman–Crippen MR) is 78.4 cm³/mol. The average molecular weight is 258 g/mol. The number of carbonyl (C=O) groups excluding carboxylic acids is 1. The Kier molecular flexibility index (Phi) is 7.94. The van der Waals surface area contributed by atoms with Gasteiger partial charge in [0.2, 0.25) is 4.45 Å². The van der Waals surface area contributed by atoms with Gasteiger partial charge in [0.1, 0.15) is 0 Å². The van der Waals surface area contributed by atoms with Gasteiger partial charge in [0, 0.05) is 4.75 Å². The Labute approximate surface area is 108 Å². The third-order valence-electron chi connectivity index (χ3n) is 2.34. The lowest BCUT2D eigenvalue weighted by Gasteiger charge is -2.23. The fourth-order valence-electron chi connectivity index (χ4n) is 1.27. The minimum Gasteiger partial charge on any atom is -0.274 e. The molecule has 0 saturated carbocycles. The second-order valence-electron chi connectivity index (χ2n) is 4.25. The normalized spacial score (nSPS) is 14.0. The molecule has 92 valence electrons. The first-order chi connectivity index (χ1) is 7.43. The number of hydrogen-bond donors (Lipinski definition) is 0. The van der Waals surface area contributed by atoms with Gasteiger partial charge < -0.3 is 0 Å². The molecule has 3 heteroatoms. The molecule has 0 bridgehead atoms. The minimum atomic E-state index is -0.115. The SMILES string of the molecule is C=CC(C)(CCCC=C(C)C)SC(=O)SC. The first-order valence-electron chi connectivity index (χ1n) is 5.47. The third kappa shape index (κ3) is 7.18. The van der Waals surface area contributed by atoms with E-state index in [4.69, 9.17) is 0 Å². The molecule has 0 aliphatic carbocycles. The minimum absolute atomic E-state index is 0.115. The molecule has 0 spiro atoms. The molecular formula is C13H22OS2. The summed E-state index contributed by atoms with van der Waals surface area (Å²) in [5.41, 5.74) is 1.35.